The first kappa shape index (κ1) is 12.3. The molecular weight excluding hydrogens is 240 g/mol. The molecule has 0 amide bonds. The summed E-state index contributed by atoms with van der Waals surface area (Å²) < 4.78 is 0. The molecule has 2 rings (SSSR count). The lowest BCUT2D eigenvalue weighted by molar-refractivity contribution is 0.0697. The maximum absolute atomic E-state index is 11.2. The van der Waals surface area contributed by atoms with Crippen molar-refractivity contribution in [3.8, 4) is 23.3 Å². The van der Waals surface area contributed by atoms with Gasteiger partial charge in [-0.2, -0.15) is 10.5 Å². The van der Waals surface area contributed by atoms with Gasteiger partial charge in [-0.05, 0) is 41.5 Å². The Bertz CT molecular complexity index is 719. The zero-order valence-corrected chi connectivity index (χ0v) is 9.79. The molecule has 0 aliphatic heterocycles. The third-order valence-corrected chi connectivity index (χ3v) is 2.70. The van der Waals surface area contributed by atoms with Crippen LogP contribution in [0.25, 0.3) is 11.1 Å². The van der Waals surface area contributed by atoms with E-state index in [4.69, 9.17) is 15.6 Å². The molecule has 90 valence electrons. The molecule has 0 aliphatic carbocycles. The van der Waals surface area contributed by atoms with Crippen molar-refractivity contribution in [3.05, 3.63) is 59.2 Å². The van der Waals surface area contributed by atoms with Gasteiger partial charge in [0.1, 0.15) is 0 Å². The van der Waals surface area contributed by atoms with E-state index in [1.807, 2.05) is 12.1 Å². The summed E-state index contributed by atoms with van der Waals surface area (Å²) in [7, 11) is 0. The Balaban J connectivity index is 2.62. The van der Waals surface area contributed by atoms with E-state index in [1.165, 1.54) is 18.2 Å². The molecule has 0 bridgehead atoms. The lowest BCUT2D eigenvalue weighted by Crippen LogP contribution is -2.00. The van der Waals surface area contributed by atoms with Gasteiger partial charge < -0.3 is 5.11 Å². The number of carboxylic acids is 1. The summed E-state index contributed by atoms with van der Waals surface area (Å²) in [5.74, 6) is -1.05. The van der Waals surface area contributed by atoms with Gasteiger partial charge in [-0.25, -0.2) is 4.79 Å². The highest BCUT2D eigenvalue weighted by atomic mass is 16.4. The Hall–Kier alpha value is -3.11. The van der Waals surface area contributed by atoms with Crippen LogP contribution >= 0.6 is 0 Å². The molecule has 0 heterocycles. The van der Waals surface area contributed by atoms with E-state index < -0.39 is 5.97 Å². The third kappa shape index (κ3) is 2.43. The summed E-state index contributed by atoms with van der Waals surface area (Å²) in [4.78, 5) is 11.2. The topological polar surface area (TPSA) is 84.9 Å². The average molecular weight is 248 g/mol. The Kier molecular flexibility index (Phi) is 3.27. The fourth-order valence-electron chi connectivity index (χ4n) is 1.76. The van der Waals surface area contributed by atoms with Crippen LogP contribution in [-0.2, 0) is 0 Å². The maximum Gasteiger partial charge on any atom is 0.336 e. The van der Waals surface area contributed by atoms with Crippen molar-refractivity contribution in [2.24, 2.45) is 0 Å². The largest absolute Gasteiger partial charge is 0.478 e. The number of nitriles is 2. The van der Waals surface area contributed by atoms with Crippen molar-refractivity contribution in [2.45, 2.75) is 0 Å². The van der Waals surface area contributed by atoms with Crippen LogP contribution in [0, 0.1) is 22.7 Å². The molecule has 0 saturated heterocycles. The zero-order valence-electron chi connectivity index (χ0n) is 9.79. The number of aromatic carboxylic acids is 1. The van der Waals surface area contributed by atoms with E-state index in [0.717, 1.165) is 0 Å². The molecule has 1 N–H and O–H groups in total. The molecular formula is C15H8N2O2. The van der Waals surface area contributed by atoms with Gasteiger partial charge in [0.2, 0.25) is 0 Å². The molecule has 0 unspecified atom stereocenters. The number of carboxylic acid groups (broad SMARTS) is 1. The number of benzene rings is 2. The third-order valence-electron chi connectivity index (χ3n) is 2.70. The summed E-state index contributed by atoms with van der Waals surface area (Å²) in [6.07, 6.45) is 0. The first-order valence-corrected chi connectivity index (χ1v) is 5.43. The van der Waals surface area contributed by atoms with Crippen LogP contribution in [0.1, 0.15) is 21.5 Å². The number of carbonyl (C=O) groups is 1. The van der Waals surface area contributed by atoms with Gasteiger partial charge in [0.15, 0.2) is 0 Å². The van der Waals surface area contributed by atoms with Crippen LogP contribution < -0.4 is 0 Å². The summed E-state index contributed by atoms with van der Waals surface area (Å²) in [6, 6.07) is 14.9. The first-order chi connectivity index (χ1) is 9.15. The highest BCUT2D eigenvalue weighted by Crippen LogP contribution is 2.25. The van der Waals surface area contributed by atoms with E-state index in [-0.39, 0.29) is 5.56 Å². The monoisotopic (exact) mass is 248 g/mol. The van der Waals surface area contributed by atoms with Crippen LogP contribution in [-0.4, -0.2) is 11.1 Å². The van der Waals surface area contributed by atoms with Crippen LogP contribution in [0.5, 0.6) is 0 Å². The molecule has 0 aromatic heterocycles. The normalized spacial score (nSPS) is 9.37. The van der Waals surface area contributed by atoms with E-state index >= 15 is 0 Å². The molecule has 4 nitrogen and oxygen atoms in total. The first-order valence-electron chi connectivity index (χ1n) is 5.43. The van der Waals surface area contributed by atoms with Gasteiger partial charge in [-0.15, -0.1) is 0 Å². The number of hydrogen-bond acceptors (Lipinski definition) is 3. The van der Waals surface area contributed by atoms with E-state index in [9.17, 15) is 4.79 Å². The van der Waals surface area contributed by atoms with Crippen LogP contribution in [0.15, 0.2) is 42.5 Å². The molecule has 0 fully saturated rings. The van der Waals surface area contributed by atoms with E-state index in [2.05, 4.69) is 0 Å². The predicted octanol–water partition coefficient (Wildman–Crippen LogP) is 2.80. The van der Waals surface area contributed by atoms with Crippen molar-refractivity contribution in [1.82, 2.24) is 0 Å². The van der Waals surface area contributed by atoms with Gasteiger partial charge in [0.05, 0.1) is 28.8 Å². The van der Waals surface area contributed by atoms with Crippen LogP contribution in [0.3, 0.4) is 0 Å². The minimum Gasteiger partial charge on any atom is -0.478 e. The lowest BCUT2D eigenvalue weighted by atomic mass is 9.97. The second-order valence-corrected chi connectivity index (χ2v) is 3.87. The SMILES string of the molecule is N#Cc1ccc(-c2cc(C#N)ccc2C(=O)O)cc1. The summed E-state index contributed by atoms with van der Waals surface area (Å²) in [6.45, 7) is 0. The highest BCUT2D eigenvalue weighted by molar-refractivity contribution is 5.96. The summed E-state index contributed by atoms with van der Waals surface area (Å²) >= 11 is 0. The fourth-order valence-corrected chi connectivity index (χ4v) is 1.76. The summed E-state index contributed by atoms with van der Waals surface area (Å²) in [5, 5.41) is 26.8. The fraction of sp³-hybridized carbons (Fsp3) is 0. The van der Waals surface area contributed by atoms with Gasteiger partial charge >= 0.3 is 5.97 Å². The average Bonchev–Trinajstić information content (AvgIpc) is 2.46. The summed E-state index contributed by atoms with van der Waals surface area (Å²) in [5.41, 5.74) is 2.15. The maximum atomic E-state index is 11.2. The zero-order chi connectivity index (χ0) is 13.8. The van der Waals surface area contributed by atoms with Crippen molar-refractivity contribution in [3.63, 3.8) is 0 Å². The van der Waals surface area contributed by atoms with Crippen molar-refractivity contribution < 1.29 is 9.90 Å². The van der Waals surface area contributed by atoms with Gasteiger partial charge in [-0.1, -0.05) is 12.1 Å². The molecule has 19 heavy (non-hydrogen) atoms. The number of rotatable bonds is 2. The smallest absolute Gasteiger partial charge is 0.336 e. The highest BCUT2D eigenvalue weighted by Gasteiger charge is 2.12. The Morgan fingerprint density at radius 2 is 1.53 bits per heavy atom. The van der Waals surface area contributed by atoms with Gasteiger partial charge in [-0.3, -0.25) is 0 Å². The number of nitrogens with zero attached hydrogens (tertiary/aromatic N) is 2. The Labute approximate surface area is 109 Å². The molecule has 2 aromatic rings. The number of hydrogen-bond donors (Lipinski definition) is 1. The van der Waals surface area contributed by atoms with Crippen molar-refractivity contribution in [2.75, 3.05) is 0 Å². The molecule has 0 aliphatic rings. The van der Waals surface area contributed by atoms with Crippen LogP contribution in [0.4, 0.5) is 0 Å². The molecule has 2 aromatic carbocycles. The van der Waals surface area contributed by atoms with E-state index in [1.54, 1.807) is 24.3 Å². The van der Waals surface area contributed by atoms with Gasteiger partial charge in [0, 0.05) is 0 Å². The molecule has 0 spiro atoms. The molecule has 0 atom stereocenters. The minimum atomic E-state index is -1.05. The molecule has 4 heteroatoms. The van der Waals surface area contributed by atoms with Crippen molar-refractivity contribution >= 4 is 5.97 Å². The lowest BCUT2D eigenvalue weighted by Gasteiger charge is -2.07. The predicted molar refractivity (Wildman–Crippen MR) is 68.3 cm³/mol. The Morgan fingerprint density at radius 1 is 0.947 bits per heavy atom. The Morgan fingerprint density at radius 3 is 2.05 bits per heavy atom. The van der Waals surface area contributed by atoms with Crippen molar-refractivity contribution in [1.29, 1.82) is 10.5 Å². The quantitative estimate of drug-likeness (QED) is 0.885. The standard InChI is InChI=1S/C15H8N2O2/c16-8-10-1-4-12(5-2-10)14-7-11(9-17)3-6-13(14)15(18)19/h1-7H,(H,18,19). The van der Waals surface area contributed by atoms with Gasteiger partial charge in [0.25, 0.3) is 0 Å². The molecule has 0 radical (unpaired) electrons. The molecule has 0 saturated carbocycles. The minimum absolute atomic E-state index is 0.128. The second-order valence-electron chi connectivity index (χ2n) is 3.87. The second kappa shape index (κ2) is 5.03. The van der Waals surface area contributed by atoms with Crippen LogP contribution in [0.2, 0.25) is 0 Å². The van der Waals surface area contributed by atoms with E-state index in [0.29, 0.717) is 22.3 Å².